The lowest BCUT2D eigenvalue weighted by Gasteiger charge is -2.21. The van der Waals surface area contributed by atoms with Gasteiger partial charge in [-0.1, -0.05) is 72.8 Å². The van der Waals surface area contributed by atoms with Crippen molar-refractivity contribution in [1.29, 1.82) is 0 Å². The Morgan fingerprint density at radius 2 is 0.556 bits per heavy atom. The first-order valence-electron chi connectivity index (χ1n) is 12.8. The van der Waals surface area contributed by atoms with E-state index in [0.717, 1.165) is 0 Å². The van der Waals surface area contributed by atoms with Gasteiger partial charge in [0.15, 0.2) is 0 Å². The van der Waals surface area contributed by atoms with Crippen LogP contribution in [0.3, 0.4) is 0 Å². The van der Waals surface area contributed by atoms with Crippen LogP contribution in [0.4, 0.5) is 0 Å². The highest BCUT2D eigenvalue weighted by atomic mass is 32.2. The summed E-state index contributed by atoms with van der Waals surface area (Å²) in [5, 5.41) is 0. The second-order valence-electron chi connectivity index (χ2n) is 8.85. The maximum Gasteiger partial charge on any atom is 0.299 e. The third-order valence-corrected chi connectivity index (χ3v) is 10.8. The maximum absolute atomic E-state index is 12.9. The lowest BCUT2D eigenvalue weighted by atomic mass is 10.4. The standard InChI is InChI=1S/C28H26O13S4/c29-42(30,23-13-5-1-6-14-23)38-27(39-43(31,32)24-15-7-2-8-16-24)21-37-22-28(40-44(33,34)25-17-9-3-10-18-25)41-45(35,36)26-19-11-4-12-20-26/h1-20,27-28H,21-22H2. The van der Waals surface area contributed by atoms with E-state index >= 15 is 0 Å². The first-order valence-corrected chi connectivity index (χ1v) is 18.4. The molecule has 0 fully saturated rings. The van der Waals surface area contributed by atoms with E-state index in [0.29, 0.717) is 0 Å². The van der Waals surface area contributed by atoms with Crippen LogP contribution in [0.5, 0.6) is 0 Å². The molecule has 0 spiro atoms. The van der Waals surface area contributed by atoms with Crippen LogP contribution in [-0.2, 0) is 61.9 Å². The van der Waals surface area contributed by atoms with Crippen LogP contribution in [0.2, 0.25) is 0 Å². The summed E-state index contributed by atoms with van der Waals surface area (Å²) in [6.07, 6.45) is -4.31. The van der Waals surface area contributed by atoms with E-state index in [2.05, 4.69) is 0 Å². The van der Waals surface area contributed by atoms with Gasteiger partial charge in [0.05, 0.1) is 19.6 Å². The third kappa shape index (κ3) is 9.73. The SMILES string of the molecule is O=S(=O)(OC(COCC(OS(=O)(=O)c1ccccc1)OS(=O)(=O)c1ccccc1)OS(=O)(=O)c1ccccc1)c1ccccc1. The highest BCUT2D eigenvalue weighted by Gasteiger charge is 2.32. The van der Waals surface area contributed by atoms with Crippen LogP contribution in [0.15, 0.2) is 141 Å². The van der Waals surface area contributed by atoms with Gasteiger partial charge in [-0.05, 0) is 48.5 Å². The number of benzene rings is 4. The van der Waals surface area contributed by atoms with Crippen molar-refractivity contribution < 1.29 is 55.1 Å². The van der Waals surface area contributed by atoms with Gasteiger partial charge in [0.2, 0.25) is 12.6 Å². The van der Waals surface area contributed by atoms with Gasteiger partial charge in [0.25, 0.3) is 40.5 Å². The number of hydrogen-bond donors (Lipinski definition) is 0. The van der Waals surface area contributed by atoms with Crippen LogP contribution in [0.25, 0.3) is 0 Å². The van der Waals surface area contributed by atoms with Gasteiger partial charge in [0.1, 0.15) is 13.2 Å². The van der Waals surface area contributed by atoms with Crippen molar-refractivity contribution in [3.8, 4) is 0 Å². The van der Waals surface area contributed by atoms with Gasteiger partial charge in [0, 0.05) is 0 Å². The minimum absolute atomic E-state index is 0.330. The van der Waals surface area contributed by atoms with Gasteiger partial charge < -0.3 is 4.74 Å². The zero-order valence-electron chi connectivity index (χ0n) is 23.1. The smallest absolute Gasteiger partial charge is 0.299 e. The zero-order chi connectivity index (χ0) is 32.6. The second-order valence-corrected chi connectivity index (χ2v) is 15.1. The number of ether oxygens (including phenoxy) is 1. The van der Waals surface area contributed by atoms with Crippen molar-refractivity contribution in [2.75, 3.05) is 13.2 Å². The molecule has 0 aliphatic carbocycles. The molecule has 0 unspecified atom stereocenters. The van der Waals surface area contributed by atoms with Gasteiger partial charge in [-0.3, -0.25) is 0 Å². The van der Waals surface area contributed by atoms with Gasteiger partial charge in [-0.25, -0.2) is 16.7 Å². The summed E-state index contributed by atoms with van der Waals surface area (Å²) < 4.78 is 129. The van der Waals surface area contributed by atoms with Crippen LogP contribution in [0.1, 0.15) is 0 Å². The maximum atomic E-state index is 12.9. The highest BCUT2D eigenvalue weighted by molar-refractivity contribution is 7.88. The minimum Gasteiger partial charge on any atom is -0.371 e. The molecule has 240 valence electrons. The molecule has 4 aromatic carbocycles. The third-order valence-electron chi connectivity index (χ3n) is 5.57. The fourth-order valence-electron chi connectivity index (χ4n) is 3.54. The van der Waals surface area contributed by atoms with E-state index in [1.54, 1.807) is 24.3 Å². The predicted molar refractivity (Wildman–Crippen MR) is 157 cm³/mol. The van der Waals surface area contributed by atoms with Crippen molar-refractivity contribution in [3.05, 3.63) is 121 Å². The first-order chi connectivity index (χ1) is 21.3. The summed E-state index contributed by atoms with van der Waals surface area (Å²) in [5.74, 6) is 0. The largest absolute Gasteiger partial charge is 0.371 e. The molecular formula is C28H26O13S4. The van der Waals surface area contributed by atoms with Gasteiger partial charge >= 0.3 is 0 Å². The number of hydrogen-bond acceptors (Lipinski definition) is 13. The lowest BCUT2D eigenvalue weighted by molar-refractivity contribution is -0.0977. The summed E-state index contributed by atoms with van der Waals surface area (Å²) in [5.41, 5.74) is 0. The van der Waals surface area contributed by atoms with E-state index in [1.807, 2.05) is 0 Å². The molecule has 45 heavy (non-hydrogen) atoms. The monoisotopic (exact) mass is 698 g/mol. The highest BCUT2D eigenvalue weighted by Crippen LogP contribution is 2.22. The fraction of sp³-hybridized carbons (Fsp3) is 0.143. The molecule has 13 nitrogen and oxygen atoms in total. The quantitative estimate of drug-likeness (QED) is 0.123. The minimum atomic E-state index is -4.62. The Balaban J connectivity index is 1.58. The van der Waals surface area contributed by atoms with Crippen molar-refractivity contribution in [2.45, 2.75) is 32.2 Å². The summed E-state index contributed by atoms with van der Waals surface area (Å²) in [6, 6.07) is 27.0. The fourth-order valence-corrected chi connectivity index (χ4v) is 7.56. The number of rotatable bonds is 16. The molecule has 0 saturated carbocycles. The van der Waals surface area contributed by atoms with Crippen LogP contribution < -0.4 is 0 Å². The summed E-state index contributed by atoms with van der Waals surface area (Å²) in [7, 11) is -18.5. The molecule has 0 amide bonds. The van der Waals surface area contributed by atoms with Crippen LogP contribution >= 0.6 is 0 Å². The summed E-state index contributed by atoms with van der Waals surface area (Å²) in [6.45, 7) is -1.95. The molecule has 0 aliphatic heterocycles. The molecule has 0 aliphatic rings. The Morgan fingerprint density at radius 3 is 0.756 bits per heavy atom. The molecule has 0 atom stereocenters. The molecule has 0 N–H and O–H groups in total. The van der Waals surface area contributed by atoms with E-state index in [1.165, 1.54) is 97.1 Å². The Hall–Kier alpha value is -3.52. The molecule has 0 heterocycles. The predicted octanol–water partition coefficient (Wildman–Crippen LogP) is 3.28. The Morgan fingerprint density at radius 1 is 0.356 bits per heavy atom. The summed E-state index contributed by atoms with van der Waals surface area (Å²) >= 11 is 0. The van der Waals surface area contributed by atoms with Crippen molar-refractivity contribution in [2.24, 2.45) is 0 Å². The molecule has 0 saturated heterocycles. The zero-order valence-corrected chi connectivity index (χ0v) is 26.3. The Labute approximate surface area is 261 Å². The lowest BCUT2D eigenvalue weighted by Crippen LogP contribution is -2.33. The molecule has 0 aromatic heterocycles. The normalized spacial score (nSPS) is 12.8. The molecule has 0 radical (unpaired) electrons. The second kappa shape index (κ2) is 14.7. The average molecular weight is 699 g/mol. The molecule has 0 bridgehead atoms. The molecule has 4 rings (SSSR count). The van der Waals surface area contributed by atoms with Crippen LogP contribution in [0, 0.1) is 0 Å². The molecule has 4 aromatic rings. The van der Waals surface area contributed by atoms with E-state index in [9.17, 15) is 33.7 Å². The average Bonchev–Trinajstić information content (AvgIpc) is 3.02. The van der Waals surface area contributed by atoms with Crippen molar-refractivity contribution in [1.82, 2.24) is 0 Å². The van der Waals surface area contributed by atoms with Crippen LogP contribution in [-0.4, -0.2) is 59.5 Å². The van der Waals surface area contributed by atoms with E-state index < -0.39 is 66.3 Å². The topological polar surface area (TPSA) is 183 Å². The van der Waals surface area contributed by atoms with Crippen molar-refractivity contribution >= 4 is 40.5 Å². The van der Waals surface area contributed by atoms with E-state index in [4.69, 9.17) is 21.5 Å². The Bertz CT molecular complexity index is 1680. The van der Waals surface area contributed by atoms with Gasteiger partial charge in [-0.2, -0.15) is 33.7 Å². The first kappa shape index (κ1) is 34.4. The Kier molecular flexibility index (Phi) is 11.2. The molecular weight excluding hydrogens is 673 g/mol. The molecule has 17 heteroatoms. The van der Waals surface area contributed by atoms with E-state index in [-0.39, 0.29) is 19.6 Å². The van der Waals surface area contributed by atoms with Gasteiger partial charge in [-0.15, -0.1) is 0 Å². The summed E-state index contributed by atoms with van der Waals surface area (Å²) in [4.78, 5) is -1.32. The van der Waals surface area contributed by atoms with Crippen molar-refractivity contribution in [3.63, 3.8) is 0 Å².